The normalized spacial score (nSPS) is 31.4. The number of ether oxygens (including phenoxy) is 1. The van der Waals surface area contributed by atoms with Crippen LogP contribution in [0.15, 0.2) is 6.33 Å². The second kappa shape index (κ2) is 8.87. The summed E-state index contributed by atoms with van der Waals surface area (Å²) >= 11 is 5.16. The maximum Gasteiger partial charge on any atom is 0.490 e. The number of hydrogen-bond acceptors (Lipinski definition) is 12. The molecule has 0 bridgehead atoms. The molecule has 0 amide bonds. The largest absolute Gasteiger partial charge is 0.490 e. The van der Waals surface area contributed by atoms with Gasteiger partial charge in [-0.1, -0.05) is 12.2 Å². The lowest BCUT2D eigenvalue weighted by Crippen LogP contribution is -2.54. The lowest BCUT2D eigenvalue weighted by Gasteiger charge is -2.35. The van der Waals surface area contributed by atoms with Gasteiger partial charge >= 0.3 is 23.5 Å². The zero-order valence-corrected chi connectivity index (χ0v) is 21.1. The number of nitrogens with one attached hydrogen (secondary N) is 1. The number of fused-ring (bicyclic) bond motifs is 1. The van der Waals surface area contributed by atoms with Crippen LogP contribution in [0.5, 0.6) is 0 Å². The van der Waals surface area contributed by atoms with E-state index in [9.17, 15) is 33.7 Å². The maximum absolute atomic E-state index is 12.0. The molecule has 0 spiro atoms. The number of aliphatic hydroxyl groups is 2. The molecule has 0 aliphatic carbocycles. The first-order valence-electron chi connectivity index (χ1n) is 9.08. The first-order chi connectivity index (χ1) is 15.3. The van der Waals surface area contributed by atoms with E-state index >= 15 is 0 Å². The molecule has 1 aliphatic heterocycles. The second-order valence-electron chi connectivity index (χ2n) is 7.64. The molecule has 1 aliphatic rings. The van der Waals surface area contributed by atoms with E-state index in [1.165, 1.54) is 17.8 Å². The number of aromatic amines is 1. The summed E-state index contributed by atoms with van der Waals surface area (Å²) in [7, 11) is -16.8. The van der Waals surface area contributed by atoms with E-state index < -0.39 is 53.6 Å². The highest BCUT2D eigenvalue weighted by Crippen LogP contribution is 2.66. The standard InChI is InChI=1S/C13H21N4O13P3S/c1-6-15-9-8(10(34)16-6)14-5-17(9)11-13(3,19)12(2,18)7(28-11)4-27-32(23,24)30-33(25,26)29-31(20,21)22/h5,7,11,18-19H,4H2,1-3H3,(H,23,24)(H,25,26)(H,15,16,34)(H2,20,21,22)/t7-,11-,12?,13+/m1/s1. The molecule has 34 heavy (non-hydrogen) atoms. The van der Waals surface area contributed by atoms with E-state index in [0.29, 0.717) is 11.5 Å². The van der Waals surface area contributed by atoms with Crippen LogP contribution in [0.1, 0.15) is 25.9 Å². The van der Waals surface area contributed by atoms with Gasteiger partial charge in [-0.25, -0.2) is 23.7 Å². The van der Waals surface area contributed by atoms with Crippen LogP contribution in [-0.2, 0) is 31.6 Å². The first-order valence-corrected chi connectivity index (χ1v) is 14.0. The third kappa shape index (κ3) is 5.56. The summed E-state index contributed by atoms with van der Waals surface area (Å²) in [6.07, 6.45) is -1.60. The number of imidazole rings is 1. The SMILES string of the molecule is Cc1nc(=S)c2ncn([C@@H]3O[C@H](COP(=O)(O)OP(=O)(O)OP(=O)(O)O)C(C)(O)[C@@]3(C)O)c2[nH]1. The van der Waals surface area contributed by atoms with E-state index in [0.717, 1.165) is 6.92 Å². The Morgan fingerprint density at radius 2 is 1.76 bits per heavy atom. The van der Waals surface area contributed by atoms with Crippen LogP contribution in [0, 0.1) is 11.6 Å². The van der Waals surface area contributed by atoms with Crippen molar-refractivity contribution in [3.8, 4) is 0 Å². The predicted molar refractivity (Wildman–Crippen MR) is 112 cm³/mol. The summed E-state index contributed by atoms with van der Waals surface area (Å²) in [5, 5.41) is 22.0. The van der Waals surface area contributed by atoms with Crippen LogP contribution >= 0.6 is 35.7 Å². The fourth-order valence-electron chi connectivity index (χ4n) is 3.22. The van der Waals surface area contributed by atoms with Crippen molar-refractivity contribution in [1.29, 1.82) is 0 Å². The predicted octanol–water partition coefficient (Wildman–Crippen LogP) is 0.540. The van der Waals surface area contributed by atoms with Crippen molar-refractivity contribution >= 4 is 46.8 Å². The monoisotopic (exact) mass is 566 g/mol. The number of aromatic nitrogens is 4. The quantitative estimate of drug-likeness (QED) is 0.170. The topological polar surface area (TPSA) is 256 Å². The van der Waals surface area contributed by atoms with Gasteiger partial charge in [0.25, 0.3) is 0 Å². The van der Waals surface area contributed by atoms with Crippen molar-refractivity contribution in [3.05, 3.63) is 16.8 Å². The lowest BCUT2D eigenvalue weighted by atomic mass is 9.83. The molecule has 7 N–H and O–H groups in total. The molecule has 0 aromatic carbocycles. The van der Waals surface area contributed by atoms with Gasteiger partial charge in [0.05, 0.1) is 12.9 Å². The average molecular weight is 566 g/mol. The molecule has 17 nitrogen and oxygen atoms in total. The molecule has 2 aromatic rings. The molecule has 192 valence electrons. The molecular formula is C13H21N4O13P3S. The number of H-pyrrole nitrogens is 1. The van der Waals surface area contributed by atoms with Crippen LogP contribution in [0.25, 0.3) is 11.2 Å². The Morgan fingerprint density at radius 1 is 1.15 bits per heavy atom. The highest BCUT2D eigenvalue weighted by molar-refractivity contribution is 7.71. The van der Waals surface area contributed by atoms with Crippen molar-refractivity contribution in [1.82, 2.24) is 19.5 Å². The summed E-state index contributed by atoms with van der Waals surface area (Å²) in [4.78, 5) is 47.1. The molecule has 0 radical (unpaired) electrons. The van der Waals surface area contributed by atoms with E-state index in [1.807, 2.05) is 0 Å². The van der Waals surface area contributed by atoms with Crippen molar-refractivity contribution in [3.63, 3.8) is 0 Å². The summed E-state index contributed by atoms with van der Waals surface area (Å²) in [6, 6.07) is 0. The summed E-state index contributed by atoms with van der Waals surface area (Å²) in [5.74, 6) is 0.424. The highest BCUT2D eigenvalue weighted by atomic mass is 32.1. The zero-order valence-electron chi connectivity index (χ0n) is 17.6. The number of phosphoric ester groups is 1. The molecule has 0 saturated carbocycles. The number of hydrogen-bond donors (Lipinski definition) is 7. The van der Waals surface area contributed by atoms with Crippen molar-refractivity contribution < 1.29 is 61.4 Å². The fraction of sp³-hybridized carbons (Fsp3) is 0.615. The number of phosphoric acid groups is 3. The Bertz CT molecular complexity index is 1300. The second-order valence-corrected chi connectivity index (χ2v) is 12.4. The smallest absolute Gasteiger partial charge is 0.384 e. The lowest BCUT2D eigenvalue weighted by molar-refractivity contribution is -0.134. The van der Waals surface area contributed by atoms with E-state index in [4.69, 9.17) is 26.7 Å². The molecular weight excluding hydrogens is 545 g/mol. The van der Waals surface area contributed by atoms with E-state index in [-0.39, 0.29) is 10.2 Å². The molecule has 6 atom stereocenters. The van der Waals surface area contributed by atoms with Crippen LogP contribution < -0.4 is 0 Å². The number of rotatable bonds is 8. The Kier molecular flexibility index (Phi) is 7.21. The van der Waals surface area contributed by atoms with Crippen molar-refractivity contribution in [2.75, 3.05) is 6.61 Å². The molecule has 2 aromatic heterocycles. The summed E-state index contributed by atoms with van der Waals surface area (Å²) < 4.78 is 53.2. The molecule has 3 heterocycles. The van der Waals surface area contributed by atoms with Gasteiger partial charge in [0, 0.05) is 0 Å². The van der Waals surface area contributed by atoms with Gasteiger partial charge < -0.3 is 39.5 Å². The Labute approximate surface area is 195 Å². The molecule has 3 unspecified atom stereocenters. The molecule has 3 rings (SSSR count). The van der Waals surface area contributed by atoms with Gasteiger partial charge in [0.1, 0.15) is 34.3 Å². The first kappa shape index (κ1) is 27.6. The zero-order chi connectivity index (χ0) is 25.9. The van der Waals surface area contributed by atoms with Gasteiger partial charge in [-0.15, -0.1) is 0 Å². The van der Waals surface area contributed by atoms with Gasteiger partial charge in [0.2, 0.25) is 0 Å². The highest BCUT2D eigenvalue weighted by Gasteiger charge is 2.62. The molecule has 1 fully saturated rings. The average Bonchev–Trinajstić information content (AvgIpc) is 3.08. The summed E-state index contributed by atoms with van der Waals surface area (Å²) in [5.41, 5.74) is -3.63. The van der Waals surface area contributed by atoms with Crippen LogP contribution in [0.4, 0.5) is 0 Å². The Hall–Kier alpha value is -0.940. The van der Waals surface area contributed by atoms with Gasteiger partial charge in [-0.3, -0.25) is 9.09 Å². The molecule has 21 heteroatoms. The minimum Gasteiger partial charge on any atom is -0.384 e. The van der Waals surface area contributed by atoms with Gasteiger partial charge in [-0.2, -0.15) is 8.62 Å². The third-order valence-electron chi connectivity index (χ3n) is 5.05. The van der Waals surface area contributed by atoms with Crippen molar-refractivity contribution in [2.24, 2.45) is 0 Å². The van der Waals surface area contributed by atoms with Crippen molar-refractivity contribution in [2.45, 2.75) is 44.3 Å². The van der Waals surface area contributed by atoms with Crippen LogP contribution in [-0.4, -0.2) is 73.2 Å². The summed E-state index contributed by atoms with van der Waals surface area (Å²) in [6.45, 7) is 3.01. The van der Waals surface area contributed by atoms with Gasteiger partial charge in [0.15, 0.2) is 10.9 Å². The minimum absolute atomic E-state index is 0.165. The third-order valence-corrected chi connectivity index (χ3v) is 9.14. The van der Waals surface area contributed by atoms with Crippen LogP contribution in [0.2, 0.25) is 0 Å². The Morgan fingerprint density at radius 3 is 2.35 bits per heavy atom. The fourth-order valence-corrected chi connectivity index (χ4v) is 6.53. The minimum atomic E-state index is -5.73. The van der Waals surface area contributed by atoms with Crippen LogP contribution in [0.3, 0.4) is 0 Å². The Balaban J connectivity index is 1.84. The van der Waals surface area contributed by atoms with E-state index in [2.05, 4.69) is 28.1 Å². The number of nitrogens with zero attached hydrogens (tertiary/aromatic N) is 3. The van der Waals surface area contributed by atoms with E-state index in [1.54, 1.807) is 6.92 Å². The van der Waals surface area contributed by atoms with Gasteiger partial charge in [-0.05, 0) is 20.8 Å². The number of aryl methyl sites for hydroxylation is 1. The molecule has 1 saturated heterocycles. The maximum atomic E-state index is 12.0.